The van der Waals surface area contributed by atoms with Crippen LogP contribution in [-0.4, -0.2) is 16.9 Å². The van der Waals surface area contributed by atoms with Gasteiger partial charge in [0.25, 0.3) is 0 Å². The van der Waals surface area contributed by atoms with Gasteiger partial charge in [-0.1, -0.05) is 42.5 Å². The van der Waals surface area contributed by atoms with Crippen LogP contribution in [0.2, 0.25) is 0 Å². The van der Waals surface area contributed by atoms with Gasteiger partial charge in [-0.2, -0.15) is 5.26 Å². The summed E-state index contributed by atoms with van der Waals surface area (Å²) in [5.41, 5.74) is 3.92. The van der Waals surface area contributed by atoms with E-state index < -0.39 is 0 Å². The zero-order valence-corrected chi connectivity index (χ0v) is 21.3. The third-order valence-corrected chi connectivity index (χ3v) is 6.69. The minimum atomic E-state index is 0.0209. The largest absolute Gasteiger partial charge is 0.456 e. The molecule has 0 atom stereocenters. The summed E-state index contributed by atoms with van der Waals surface area (Å²) in [5, 5.41) is 13.6. The second-order valence-corrected chi connectivity index (χ2v) is 11.0. The fourth-order valence-corrected chi connectivity index (χ4v) is 5.70. The normalized spacial score (nSPS) is 16.9. The Morgan fingerprint density at radius 1 is 0.971 bits per heavy atom. The van der Waals surface area contributed by atoms with Crippen LogP contribution in [0.15, 0.2) is 66.7 Å². The second-order valence-electron chi connectivity index (χ2n) is 11.0. The van der Waals surface area contributed by atoms with Crippen LogP contribution in [0.3, 0.4) is 0 Å². The minimum absolute atomic E-state index is 0.0209. The van der Waals surface area contributed by atoms with E-state index >= 15 is 0 Å². The molecule has 0 aromatic heterocycles. The summed E-state index contributed by atoms with van der Waals surface area (Å²) >= 11 is 0. The Kier molecular flexibility index (Phi) is 6.83. The molecule has 3 aromatic rings. The monoisotopic (exact) mass is 466 g/mol. The lowest BCUT2D eigenvalue weighted by molar-refractivity contribution is 0.0864. The molecular formula is C31H34N2O2. The van der Waals surface area contributed by atoms with E-state index in [0.717, 1.165) is 29.5 Å². The van der Waals surface area contributed by atoms with Crippen molar-refractivity contribution < 1.29 is 9.53 Å². The van der Waals surface area contributed by atoms with Gasteiger partial charge in [0.2, 0.25) is 0 Å². The van der Waals surface area contributed by atoms with Gasteiger partial charge >= 0.3 is 0 Å². The first-order valence-corrected chi connectivity index (χ1v) is 12.3. The molecule has 0 radical (unpaired) electrons. The number of piperidine rings is 1. The average molecular weight is 467 g/mol. The highest BCUT2D eigenvalue weighted by molar-refractivity contribution is 5.96. The number of ketones is 1. The number of nitriles is 1. The number of benzene rings is 3. The topological polar surface area (TPSA) is 62.1 Å². The molecule has 35 heavy (non-hydrogen) atoms. The van der Waals surface area contributed by atoms with Crippen LogP contribution >= 0.6 is 0 Å². The van der Waals surface area contributed by atoms with Crippen LogP contribution < -0.4 is 10.1 Å². The molecule has 0 aliphatic carbocycles. The Labute approximate surface area is 209 Å². The van der Waals surface area contributed by atoms with Crippen molar-refractivity contribution in [2.24, 2.45) is 5.92 Å². The van der Waals surface area contributed by atoms with Crippen LogP contribution in [-0.2, 0) is 0 Å². The average Bonchev–Trinajstić information content (AvgIpc) is 2.78. The predicted octanol–water partition coefficient (Wildman–Crippen LogP) is 7.46. The van der Waals surface area contributed by atoms with E-state index in [9.17, 15) is 10.1 Å². The van der Waals surface area contributed by atoms with Crippen molar-refractivity contribution in [3.8, 4) is 28.7 Å². The van der Waals surface area contributed by atoms with Crippen molar-refractivity contribution in [1.82, 2.24) is 5.32 Å². The Hall–Kier alpha value is -3.42. The number of hydrogen-bond acceptors (Lipinski definition) is 4. The number of carbonyl (C=O) groups excluding carboxylic acids is 1. The molecule has 1 aliphatic heterocycles. The van der Waals surface area contributed by atoms with Crippen molar-refractivity contribution in [2.75, 3.05) is 0 Å². The molecule has 3 aromatic carbocycles. The van der Waals surface area contributed by atoms with Gasteiger partial charge in [0.05, 0.1) is 0 Å². The lowest BCUT2D eigenvalue weighted by Crippen LogP contribution is -2.57. The summed E-state index contributed by atoms with van der Waals surface area (Å²) in [6, 6.07) is 23.4. The maximum absolute atomic E-state index is 13.2. The molecule has 0 unspecified atom stereocenters. The molecule has 0 saturated carbocycles. The summed E-state index contributed by atoms with van der Waals surface area (Å²) < 4.78 is 6.19. The SMILES string of the molecule is Cc1cc(C(=O)CC2CC(C)(C)NC(C)(C)C2)ccc1Oc1cccc(-c2ccccc2)c1C#N. The Morgan fingerprint density at radius 2 is 1.66 bits per heavy atom. The van der Waals surface area contributed by atoms with Crippen LogP contribution in [0.25, 0.3) is 11.1 Å². The number of Topliss-reactive ketones (excluding diaryl/α,β-unsaturated/α-hetero) is 1. The van der Waals surface area contributed by atoms with Crippen LogP contribution in [0.1, 0.15) is 68.4 Å². The number of carbonyl (C=O) groups is 1. The van der Waals surface area contributed by atoms with Crippen LogP contribution in [0.4, 0.5) is 0 Å². The van der Waals surface area contributed by atoms with E-state index in [-0.39, 0.29) is 16.9 Å². The quantitative estimate of drug-likeness (QED) is 0.383. The number of nitrogens with one attached hydrogen (secondary N) is 1. The number of nitrogens with zero attached hydrogens (tertiary/aromatic N) is 1. The lowest BCUT2D eigenvalue weighted by atomic mass is 9.74. The zero-order chi connectivity index (χ0) is 25.2. The van der Waals surface area contributed by atoms with Gasteiger partial charge in [-0.3, -0.25) is 4.79 Å². The van der Waals surface area contributed by atoms with Gasteiger partial charge in [0, 0.05) is 28.6 Å². The zero-order valence-electron chi connectivity index (χ0n) is 21.3. The van der Waals surface area contributed by atoms with E-state index in [1.807, 2.05) is 73.7 Å². The molecule has 4 nitrogen and oxygen atoms in total. The summed E-state index contributed by atoms with van der Waals surface area (Å²) in [5.74, 6) is 1.67. The Bertz CT molecular complexity index is 1250. The highest BCUT2D eigenvalue weighted by Crippen LogP contribution is 2.37. The molecule has 1 aliphatic rings. The summed E-state index contributed by atoms with van der Waals surface area (Å²) in [4.78, 5) is 13.2. The summed E-state index contributed by atoms with van der Waals surface area (Å²) in [6.45, 7) is 10.8. The number of ether oxygens (including phenoxy) is 1. The molecule has 4 rings (SSSR count). The Balaban J connectivity index is 1.53. The van der Waals surface area contributed by atoms with Crippen molar-refractivity contribution in [2.45, 2.75) is 65.0 Å². The summed E-state index contributed by atoms with van der Waals surface area (Å²) in [6.07, 6.45) is 2.51. The van der Waals surface area contributed by atoms with Gasteiger partial charge < -0.3 is 10.1 Å². The highest BCUT2D eigenvalue weighted by atomic mass is 16.5. The van der Waals surface area contributed by atoms with Gasteiger partial charge in [0.15, 0.2) is 5.78 Å². The molecule has 0 amide bonds. The molecule has 1 fully saturated rings. The maximum Gasteiger partial charge on any atom is 0.163 e. The van der Waals surface area contributed by atoms with Crippen molar-refractivity contribution >= 4 is 5.78 Å². The van der Waals surface area contributed by atoms with Crippen LogP contribution in [0, 0.1) is 24.2 Å². The van der Waals surface area contributed by atoms with Crippen molar-refractivity contribution in [1.29, 1.82) is 5.26 Å². The third kappa shape index (κ3) is 5.81. The number of rotatable bonds is 6. The van der Waals surface area contributed by atoms with E-state index in [4.69, 9.17) is 4.74 Å². The molecule has 1 N–H and O–H groups in total. The fraction of sp³-hybridized carbons (Fsp3) is 0.355. The van der Waals surface area contributed by atoms with Crippen LogP contribution in [0.5, 0.6) is 11.5 Å². The Morgan fingerprint density at radius 3 is 2.29 bits per heavy atom. The van der Waals surface area contributed by atoms with E-state index in [1.54, 1.807) is 0 Å². The first-order chi connectivity index (χ1) is 16.6. The van der Waals surface area contributed by atoms with Crippen molar-refractivity contribution in [3.63, 3.8) is 0 Å². The molecule has 0 bridgehead atoms. The number of hydrogen-bond donors (Lipinski definition) is 1. The standard InChI is InChI=1S/C31H34N2O2/c1-21-16-24(27(34)17-22-18-30(2,3)33-31(4,5)19-22)14-15-28(21)35-29-13-9-12-25(26(29)20-32)23-10-7-6-8-11-23/h6-16,22,33H,17-19H2,1-5H3. The van der Waals surface area contributed by atoms with E-state index in [2.05, 4.69) is 39.1 Å². The van der Waals surface area contributed by atoms with Gasteiger partial charge in [-0.15, -0.1) is 0 Å². The second kappa shape index (κ2) is 9.68. The van der Waals surface area contributed by atoms with Crippen molar-refractivity contribution in [3.05, 3.63) is 83.4 Å². The molecule has 4 heteroatoms. The lowest BCUT2D eigenvalue weighted by Gasteiger charge is -2.46. The van der Waals surface area contributed by atoms with Gasteiger partial charge in [0.1, 0.15) is 23.1 Å². The first kappa shape index (κ1) is 24.7. The minimum Gasteiger partial charge on any atom is -0.456 e. The molecule has 180 valence electrons. The predicted molar refractivity (Wildman–Crippen MR) is 141 cm³/mol. The van der Waals surface area contributed by atoms with E-state index in [1.165, 1.54) is 0 Å². The molecular weight excluding hydrogens is 432 g/mol. The molecule has 1 heterocycles. The molecule has 0 spiro atoms. The smallest absolute Gasteiger partial charge is 0.163 e. The maximum atomic E-state index is 13.2. The summed E-state index contributed by atoms with van der Waals surface area (Å²) in [7, 11) is 0. The van der Waals surface area contributed by atoms with E-state index in [0.29, 0.717) is 35.0 Å². The van der Waals surface area contributed by atoms with Gasteiger partial charge in [-0.05, 0) is 88.8 Å². The highest BCUT2D eigenvalue weighted by Gasteiger charge is 2.38. The van der Waals surface area contributed by atoms with Gasteiger partial charge in [-0.25, -0.2) is 0 Å². The third-order valence-electron chi connectivity index (χ3n) is 6.69. The molecule has 1 saturated heterocycles. The fourth-order valence-electron chi connectivity index (χ4n) is 5.70. The first-order valence-electron chi connectivity index (χ1n) is 12.3. The number of aryl methyl sites for hydroxylation is 1.